The Morgan fingerprint density at radius 1 is 1.29 bits per heavy atom. The minimum absolute atomic E-state index is 0.0706. The van der Waals surface area contributed by atoms with Crippen LogP contribution in [0.15, 0.2) is 0 Å². The first kappa shape index (κ1) is 16.3. The number of nitrogens with zero attached hydrogens (tertiary/aromatic N) is 2. The standard InChI is InChI=1S/C16H27N3O2/c17-13-16(7-2-1-3-8-16)15(21)18-9-4-10-19-11-5-14(20)6-12-19/h14,20H,1-12H2,(H,18,21). The molecule has 1 saturated carbocycles. The second kappa shape index (κ2) is 7.77. The molecule has 21 heavy (non-hydrogen) atoms. The van der Waals surface area contributed by atoms with Gasteiger partial charge in [0.05, 0.1) is 12.2 Å². The zero-order chi connectivity index (χ0) is 15.1. The largest absolute Gasteiger partial charge is 0.393 e. The van der Waals surface area contributed by atoms with Crippen molar-refractivity contribution in [2.45, 2.75) is 57.5 Å². The lowest BCUT2D eigenvalue weighted by atomic mass is 9.74. The summed E-state index contributed by atoms with van der Waals surface area (Å²) in [6.45, 7) is 3.47. The molecule has 0 aromatic heterocycles. The zero-order valence-corrected chi connectivity index (χ0v) is 12.8. The molecule has 2 aliphatic rings. The molecule has 118 valence electrons. The number of hydrogen-bond donors (Lipinski definition) is 2. The van der Waals surface area contributed by atoms with E-state index in [1.807, 2.05) is 0 Å². The van der Waals surface area contributed by atoms with E-state index in [9.17, 15) is 15.2 Å². The van der Waals surface area contributed by atoms with E-state index < -0.39 is 5.41 Å². The van der Waals surface area contributed by atoms with Crippen molar-refractivity contribution in [2.24, 2.45) is 5.41 Å². The first-order valence-corrected chi connectivity index (χ1v) is 8.26. The van der Waals surface area contributed by atoms with Gasteiger partial charge in [0.1, 0.15) is 5.41 Å². The van der Waals surface area contributed by atoms with Crippen LogP contribution in [0.25, 0.3) is 0 Å². The third kappa shape index (κ3) is 4.42. The molecule has 1 amide bonds. The van der Waals surface area contributed by atoms with Gasteiger partial charge in [0, 0.05) is 19.6 Å². The Labute approximate surface area is 127 Å². The summed E-state index contributed by atoms with van der Waals surface area (Å²) in [5.41, 5.74) is -0.770. The van der Waals surface area contributed by atoms with Gasteiger partial charge < -0.3 is 15.3 Å². The van der Waals surface area contributed by atoms with Gasteiger partial charge in [0.15, 0.2) is 0 Å². The minimum atomic E-state index is -0.770. The Balaban J connectivity index is 1.66. The fourth-order valence-electron chi connectivity index (χ4n) is 3.36. The molecule has 5 heteroatoms. The van der Waals surface area contributed by atoms with Gasteiger partial charge in [-0.1, -0.05) is 19.3 Å². The molecule has 0 unspecified atom stereocenters. The lowest BCUT2D eigenvalue weighted by Gasteiger charge is -2.30. The molecule has 0 bridgehead atoms. The minimum Gasteiger partial charge on any atom is -0.393 e. The SMILES string of the molecule is N#CC1(C(=O)NCCCN2CCC(O)CC2)CCCCC1. The molecule has 2 N–H and O–H groups in total. The molecule has 1 saturated heterocycles. The Morgan fingerprint density at radius 2 is 1.95 bits per heavy atom. The number of likely N-dealkylation sites (tertiary alicyclic amines) is 1. The van der Waals surface area contributed by atoms with Gasteiger partial charge in [-0.25, -0.2) is 0 Å². The number of hydrogen-bond acceptors (Lipinski definition) is 4. The van der Waals surface area contributed by atoms with Crippen LogP contribution in [0, 0.1) is 16.7 Å². The van der Waals surface area contributed by atoms with Crippen molar-refractivity contribution in [1.29, 1.82) is 5.26 Å². The fraction of sp³-hybridized carbons (Fsp3) is 0.875. The second-order valence-electron chi connectivity index (χ2n) is 6.44. The van der Waals surface area contributed by atoms with Crippen LogP contribution in [0.4, 0.5) is 0 Å². The highest BCUT2D eigenvalue weighted by Gasteiger charge is 2.39. The van der Waals surface area contributed by atoms with Crippen LogP contribution >= 0.6 is 0 Å². The average molecular weight is 293 g/mol. The molecule has 0 aromatic carbocycles. The predicted octanol–water partition coefficient (Wildman–Crippen LogP) is 1.42. The first-order valence-electron chi connectivity index (χ1n) is 8.26. The maximum absolute atomic E-state index is 12.3. The number of rotatable bonds is 5. The monoisotopic (exact) mass is 293 g/mol. The van der Waals surface area contributed by atoms with Gasteiger partial charge in [0.2, 0.25) is 5.91 Å². The molecular formula is C16H27N3O2. The number of aliphatic hydroxyl groups is 1. The van der Waals surface area contributed by atoms with E-state index in [1.165, 1.54) is 0 Å². The predicted molar refractivity (Wildman–Crippen MR) is 80.4 cm³/mol. The highest BCUT2D eigenvalue weighted by Crippen LogP contribution is 2.35. The normalized spacial score (nSPS) is 23.4. The molecule has 2 fully saturated rings. The van der Waals surface area contributed by atoms with E-state index in [0.717, 1.165) is 58.2 Å². The molecule has 0 radical (unpaired) electrons. The number of nitriles is 1. The van der Waals surface area contributed by atoms with Gasteiger partial charge in [-0.15, -0.1) is 0 Å². The maximum atomic E-state index is 12.3. The van der Waals surface area contributed by atoms with E-state index in [1.54, 1.807) is 0 Å². The Hall–Kier alpha value is -1.12. The maximum Gasteiger partial charge on any atom is 0.240 e. The van der Waals surface area contributed by atoms with E-state index in [-0.39, 0.29) is 12.0 Å². The molecule has 5 nitrogen and oxygen atoms in total. The van der Waals surface area contributed by atoms with Crippen molar-refractivity contribution in [3.05, 3.63) is 0 Å². The summed E-state index contributed by atoms with van der Waals surface area (Å²) < 4.78 is 0. The van der Waals surface area contributed by atoms with Crippen LogP contribution in [0.3, 0.4) is 0 Å². The number of carbonyl (C=O) groups is 1. The van der Waals surface area contributed by atoms with Crippen molar-refractivity contribution in [1.82, 2.24) is 10.2 Å². The first-order chi connectivity index (χ1) is 10.2. The van der Waals surface area contributed by atoms with Crippen molar-refractivity contribution in [2.75, 3.05) is 26.2 Å². The van der Waals surface area contributed by atoms with Crippen LogP contribution < -0.4 is 5.32 Å². The summed E-state index contributed by atoms with van der Waals surface area (Å²) in [7, 11) is 0. The Kier molecular flexibility index (Phi) is 6.01. The fourth-order valence-corrected chi connectivity index (χ4v) is 3.36. The second-order valence-corrected chi connectivity index (χ2v) is 6.44. The summed E-state index contributed by atoms with van der Waals surface area (Å²) in [5.74, 6) is -0.0706. The van der Waals surface area contributed by atoms with Gasteiger partial charge in [-0.2, -0.15) is 5.26 Å². The lowest BCUT2D eigenvalue weighted by Crippen LogP contribution is -2.43. The highest BCUT2D eigenvalue weighted by molar-refractivity contribution is 5.85. The molecule has 0 spiro atoms. The van der Waals surface area contributed by atoms with Crippen molar-refractivity contribution in [3.8, 4) is 6.07 Å². The van der Waals surface area contributed by atoms with E-state index in [2.05, 4.69) is 16.3 Å². The van der Waals surface area contributed by atoms with Crippen LogP contribution in [0.1, 0.15) is 51.4 Å². The van der Waals surface area contributed by atoms with Crippen LogP contribution in [-0.4, -0.2) is 48.2 Å². The topological polar surface area (TPSA) is 76.4 Å². The number of aliphatic hydroxyl groups excluding tert-OH is 1. The molecule has 0 atom stereocenters. The lowest BCUT2D eigenvalue weighted by molar-refractivity contribution is -0.129. The average Bonchev–Trinajstić information content (AvgIpc) is 2.53. The highest BCUT2D eigenvalue weighted by atomic mass is 16.3. The Bertz CT molecular complexity index is 377. The van der Waals surface area contributed by atoms with Gasteiger partial charge in [0.25, 0.3) is 0 Å². The molecule has 1 heterocycles. The van der Waals surface area contributed by atoms with Gasteiger partial charge >= 0.3 is 0 Å². The summed E-state index contributed by atoms with van der Waals surface area (Å²) in [4.78, 5) is 14.6. The molecule has 1 aliphatic heterocycles. The molecular weight excluding hydrogens is 266 g/mol. The molecule has 2 rings (SSSR count). The van der Waals surface area contributed by atoms with E-state index >= 15 is 0 Å². The zero-order valence-electron chi connectivity index (χ0n) is 12.8. The molecule has 0 aromatic rings. The third-order valence-electron chi connectivity index (χ3n) is 4.85. The van der Waals surface area contributed by atoms with E-state index in [0.29, 0.717) is 19.4 Å². The van der Waals surface area contributed by atoms with Crippen molar-refractivity contribution in [3.63, 3.8) is 0 Å². The van der Waals surface area contributed by atoms with Gasteiger partial charge in [-0.3, -0.25) is 4.79 Å². The number of carbonyl (C=O) groups excluding carboxylic acids is 1. The van der Waals surface area contributed by atoms with Crippen LogP contribution in [-0.2, 0) is 4.79 Å². The third-order valence-corrected chi connectivity index (χ3v) is 4.85. The molecule has 1 aliphatic carbocycles. The number of piperidine rings is 1. The van der Waals surface area contributed by atoms with Crippen LogP contribution in [0.5, 0.6) is 0 Å². The van der Waals surface area contributed by atoms with Crippen LogP contribution in [0.2, 0.25) is 0 Å². The summed E-state index contributed by atoms with van der Waals surface area (Å²) in [5, 5.41) is 21.8. The quantitative estimate of drug-likeness (QED) is 0.752. The van der Waals surface area contributed by atoms with Crippen molar-refractivity contribution < 1.29 is 9.90 Å². The van der Waals surface area contributed by atoms with E-state index in [4.69, 9.17) is 0 Å². The Morgan fingerprint density at radius 3 is 2.57 bits per heavy atom. The summed E-state index contributed by atoms with van der Waals surface area (Å²) >= 11 is 0. The number of amides is 1. The summed E-state index contributed by atoms with van der Waals surface area (Å²) in [6, 6.07) is 2.26. The smallest absolute Gasteiger partial charge is 0.240 e. The van der Waals surface area contributed by atoms with Gasteiger partial charge in [-0.05, 0) is 38.6 Å². The van der Waals surface area contributed by atoms with Crippen molar-refractivity contribution >= 4 is 5.91 Å². The summed E-state index contributed by atoms with van der Waals surface area (Å²) in [6.07, 6.45) is 6.99. The number of nitrogens with one attached hydrogen (secondary N) is 1.